The number of halogens is 1. The van der Waals surface area contributed by atoms with Gasteiger partial charge in [-0.1, -0.05) is 48.8 Å². The van der Waals surface area contributed by atoms with Crippen LogP contribution in [0.5, 0.6) is 0 Å². The van der Waals surface area contributed by atoms with Crippen LogP contribution in [0.15, 0.2) is 28.7 Å². The van der Waals surface area contributed by atoms with Crippen molar-refractivity contribution in [2.24, 2.45) is 0 Å². The van der Waals surface area contributed by atoms with Crippen molar-refractivity contribution in [1.82, 2.24) is 5.32 Å². The molecule has 0 unspecified atom stereocenters. The van der Waals surface area contributed by atoms with Gasteiger partial charge in [-0.15, -0.1) is 0 Å². The summed E-state index contributed by atoms with van der Waals surface area (Å²) in [5.74, 6) is 0. The lowest BCUT2D eigenvalue weighted by Crippen LogP contribution is -2.33. The molecule has 0 bridgehead atoms. The van der Waals surface area contributed by atoms with Crippen molar-refractivity contribution in [3.8, 4) is 0 Å². The third-order valence-corrected chi connectivity index (χ3v) is 3.09. The Morgan fingerprint density at radius 2 is 2.07 bits per heavy atom. The molecule has 0 saturated heterocycles. The van der Waals surface area contributed by atoms with Crippen molar-refractivity contribution < 1.29 is 0 Å². The predicted molar refractivity (Wildman–Crippen MR) is 70.3 cm³/mol. The third kappa shape index (κ3) is 3.96. The van der Waals surface area contributed by atoms with Crippen LogP contribution in [0.2, 0.25) is 0 Å². The lowest BCUT2D eigenvalue weighted by Gasteiger charge is -2.26. The molecule has 0 aliphatic rings. The van der Waals surface area contributed by atoms with E-state index in [0.29, 0.717) is 0 Å². The molecule has 0 aliphatic heterocycles. The normalized spacial score (nSPS) is 11.7. The summed E-state index contributed by atoms with van der Waals surface area (Å²) in [6, 6.07) is 8.56. The average Bonchev–Trinajstić information content (AvgIpc) is 2.18. The zero-order valence-electron chi connectivity index (χ0n) is 9.81. The van der Waals surface area contributed by atoms with Gasteiger partial charge in [-0.25, -0.2) is 0 Å². The average molecular weight is 270 g/mol. The van der Waals surface area contributed by atoms with E-state index in [2.05, 4.69) is 66.3 Å². The maximum Gasteiger partial charge on any atom is 0.0178 e. The quantitative estimate of drug-likeness (QED) is 0.804. The maximum absolute atomic E-state index is 3.52. The highest BCUT2D eigenvalue weighted by Gasteiger charge is 2.19. The van der Waals surface area contributed by atoms with Crippen LogP contribution in [0.25, 0.3) is 0 Å². The van der Waals surface area contributed by atoms with Crippen molar-refractivity contribution >= 4 is 15.9 Å². The van der Waals surface area contributed by atoms with Crippen molar-refractivity contribution in [3.05, 3.63) is 34.3 Å². The van der Waals surface area contributed by atoms with E-state index in [0.717, 1.165) is 17.6 Å². The summed E-state index contributed by atoms with van der Waals surface area (Å²) in [5, 5.41) is 3.48. The zero-order valence-corrected chi connectivity index (χ0v) is 11.4. The number of rotatable bonds is 5. The summed E-state index contributed by atoms with van der Waals surface area (Å²) in [5.41, 5.74) is 1.57. The van der Waals surface area contributed by atoms with Crippen LogP contribution in [-0.2, 0) is 5.41 Å². The fraction of sp³-hybridized carbons (Fsp3) is 0.538. The molecule has 0 spiro atoms. The highest BCUT2D eigenvalue weighted by molar-refractivity contribution is 9.10. The Labute approximate surface area is 101 Å². The van der Waals surface area contributed by atoms with Crippen molar-refractivity contribution in [2.45, 2.75) is 32.6 Å². The van der Waals surface area contributed by atoms with Crippen LogP contribution < -0.4 is 5.32 Å². The largest absolute Gasteiger partial charge is 0.316 e. The minimum absolute atomic E-state index is 0.193. The lowest BCUT2D eigenvalue weighted by atomic mass is 9.84. The zero-order chi connectivity index (χ0) is 11.3. The molecular formula is C13H20BrN. The van der Waals surface area contributed by atoms with Gasteiger partial charge < -0.3 is 5.32 Å². The molecule has 0 fully saturated rings. The van der Waals surface area contributed by atoms with E-state index in [4.69, 9.17) is 0 Å². The van der Waals surface area contributed by atoms with Gasteiger partial charge in [-0.3, -0.25) is 0 Å². The summed E-state index contributed by atoms with van der Waals surface area (Å²) >= 11 is 3.52. The monoisotopic (exact) mass is 269 g/mol. The van der Waals surface area contributed by atoms with E-state index >= 15 is 0 Å². The molecule has 0 radical (unpaired) electrons. The molecule has 0 atom stereocenters. The van der Waals surface area contributed by atoms with E-state index < -0.39 is 0 Å². The van der Waals surface area contributed by atoms with Gasteiger partial charge in [0, 0.05) is 16.4 Å². The molecular weight excluding hydrogens is 250 g/mol. The Bertz CT molecular complexity index is 307. The molecule has 1 rings (SSSR count). The van der Waals surface area contributed by atoms with Crippen molar-refractivity contribution in [2.75, 3.05) is 13.1 Å². The van der Waals surface area contributed by atoms with Gasteiger partial charge in [-0.05, 0) is 30.7 Å². The van der Waals surface area contributed by atoms with Gasteiger partial charge in [0.15, 0.2) is 0 Å². The molecule has 1 aromatic rings. The molecule has 1 nitrogen and oxygen atoms in total. The molecule has 0 aliphatic carbocycles. The van der Waals surface area contributed by atoms with Crippen LogP contribution in [0.3, 0.4) is 0 Å². The van der Waals surface area contributed by atoms with E-state index in [-0.39, 0.29) is 5.41 Å². The minimum atomic E-state index is 0.193. The summed E-state index contributed by atoms with van der Waals surface area (Å²) in [4.78, 5) is 0. The van der Waals surface area contributed by atoms with E-state index in [1.54, 1.807) is 0 Å². The SMILES string of the molecule is CCCNCC(C)(C)c1cccc(Br)c1. The topological polar surface area (TPSA) is 12.0 Å². The first kappa shape index (κ1) is 12.7. The summed E-state index contributed by atoms with van der Waals surface area (Å²) < 4.78 is 1.16. The first-order valence-electron chi connectivity index (χ1n) is 5.53. The Morgan fingerprint density at radius 1 is 1.33 bits per heavy atom. The van der Waals surface area contributed by atoms with Gasteiger partial charge in [-0.2, -0.15) is 0 Å². The number of nitrogens with one attached hydrogen (secondary N) is 1. The van der Waals surface area contributed by atoms with E-state index in [1.807, 2.05) is 0 Å². The third-order valence-electron chi connectivity index (χ3n) is 2.60. The van der Waals surface area contributed by atoms with Crippen LogP contribution in [0.1, 0.15) is 32.8 Å². The smallest absolute Gasteiger partial charge is 0.0178 e. The van der Waals surface area contributed by atoms with Gasteiger partial charge >= 0.3 is 0 Å². The summed E-state index contributed by atoms with van der Waals surface area (Å²) in [6.07, 6.45) is 1.19. The molecule has 0 aromatic heterocycles. The second-order valence-corrected chi connectivity index (χ2v) is 5.49. The Kier molecular flexibility index (Phi) is 4.81. The standard InChI is InChI=1S/C13H20BrN/c1-4-8-15-10-13(2,3)11-6-5-7-12(14)9-11/h5-7,9,15H,4,8,10H2,1-3H3. The van der Waals surface area contributed by atoms with Gasteiger partial charge in [0.05, 0.1) is 0 Å². The van der Waals surface area contributed by atoms with E-state index in [9.17, 15) is 0 Å². The molecule has 2 heteroatoms. The molecule has 0 heterocycles. The summed E-state index contributed by atoms with van der Waals surface area (Å²) in [6.45, 7) is 8.86. The fourth-order valence-corrected chi connectivity index (χ4v) is 1.99. The fourth-order valence-electron chi connectivity index (χ4n) is 1.59. The number of hydrogen-bond donors (Lipinski definition) is 1. The highest BCUT2D eigenvalue weighted by atomic mass is 79.9. The van der Waals surface area contributed by atoms with Gasteiger partial charge in [0.2, 0.25) is 0 Å². The Morgan fingerprint density at radius 3 is 2.67 bits per heavy atom. The van der Waals surface area contributed by atoms with Gasteiger partial charge in [0.1, 0.15) is 0 Å². The van der Waals surface area contributed by atoms with Crippen molar-refractivity contribution in [1.29, 1.82) is 0 Å². The maximum atomic E-state index is 3.52. The van der Waals surface area contributed by atoms with Crippen LogP contribution in [0, 0.1) is 0 Å². The Hall–Kier alpha value is -0.340. The lowest BCUT2D eigenvalue weighted by molar-refractivity contribution is 0.469. The molecule has 84 valence electrons. The molecule has 1 N–H and O–H groups in total. The van der Waals surface area contributed by atoms with Crippen LogP contribution in [-0.4, -0.2) is 13.1 Å². The second-order valence-electron chi connectivity index (χ2n) is 4.57. The van der Waals surface area contributed by atoms with Crippen LogP contribution >= 0.6 is 15.9 Å². The molecule has 0 amide bonds. The van der Waals surface area contributed by atoms with Crippen LogP contribution in [0.4, 0.5) is 0 Å². The first-order chi connectivity index (χ1) is 7.06. The predicted octanol–water partition coefficient (Wildman–Crippen LogP) is 3.73. The molecule has 15 heavy (non-hydrogen) atoms. The highest BCUT2D eigenvalue weighted by Crippen LogP contribution is 2.24. The molecule has 0 saturated carbocycles. The summed E-state index contributed by atoms with van der Waals surface area (Å²) in [7, 11) is 0. The second kappa shape index (κ2) is 5.66. The minimum Gasteiger partial charge on any atom is -0.316 e. The van der Waals surface area contributed by atoms with E-state index in [1.165, 1.54) is 12.0 Å². The number of hydrogen-bond acceptors (Lipinski definition) is 1. The molecule has 1 aromatic carbocycles. The van der Waals surface area contributed by atoms with Gasteiger partial charge in [0.25, 0.3) is 0 Å². The number of benzene rings is 1. The Balaban J connectivity index is 2.67. The van der Waals surface area contributed by atoms with Crippen molar-refractivity contribution in [3.63, 3.8) is 0 Å². The first-order valence-corrected chi connectivity index (χ1v) is 6.32.